The number of hydrogen-bond acceptors (Lipinski definition) is 5. The Morgan fingerprint density at radius 3 is 2.43 bits per heavy atom. The van der Waals surface area contributed by atoms with Crippen molar-refractivity contribution in [1.82, 2.24) is 9.62 Å². The highest BCUT2D eigenvalue weighted by atomic mass is 32.2. The summed E-state index contributed by atoms with van der Waals surface area (Å²) < 4.78 is 25.6. The van der Waals surface area contributed by atoms with Crippen molar-refractivity contribution >= 4 is 16.0 Å². The summed E-state index contributed by atoms with van der Waals surface area (Å²) in [6.07, 6.45) is -0.991. The first kappa shape index (κ1) is 17.6. The van der Waals surface area contributed by atoms with Crippen LogP contribution in [0.1, 0.15) is 5.56 Å². The number of carboxylic acid groups (broad SMARTS) is 1. The van der Waals surface area contributed by atoms with Crippen LogP contribution in [0.5, 0.6) is 0 Å². The molecule has 1 rings (SSSR count). The predicted octanol–water partition coefficient (Wildman–Crippen LogP) is -0.349. The van der Waals surface area contributed by atoms with Crippen LogP contribution in [0.4, 0.5) is 0 Å². The van der Waals surface area contributed by atoms with Crippen LogP contribution < -0.4 is 5.32 Å². The molecule has 0 radical (unpaired) electrons. The molecule has 0 amide bonds. The van der Waals surface area contributed by atoms with Crippen molar-refractivity contribution in [2.75, 3.05) is 26.7 Å². The largest absolute Gasteiger partial charge is 0.480 e. The molecule has 0 aromatic heterocycles. The zero-order valence-corrected chi connectivity index (χ0v) is 12.8. The van der Waals surface area contributed by atoms with Gasteiger partial charge in [-0.05, 0) is 19.1 Å². The van der Waals surface area contributed by atoms with Crippen LogP contribution in [-0.2, 0) is 14.8 Å². The molecule has 7 nitrogen and oxygen atoms in total. The predicted molar refractivity (Wildman–Crippen MR) is 77.5 cm³/mol. The average molecular weight is 316 g/mol. The summed E-state index contributed by atoms with van der Waals surface area (Å²) in [4.78, 5) is 10.5. The van der Waals surface area contributed by atoms with Crippen molar-refractivity contribution in [2.24, 2.45) is 0 Å². The van der Waals surface area contributed by atoms with E-state index in [1.54, 1.807) is 12.1 Å². The summed E-state index contributed by atoms with van der Waals surface area (Å²) >= 11 is 0. The van der Waals surface area contributed by atoms with Crippen molar-refractivity contribution in [3.05, 3.63) is 29.8 Å². The first-order chi connectivity index (χ1) is 9.73. The van der Waals surface area contributed by atoms with Crippen molar-refractivity contribution in [1.29, 1.82) is 0 Å². The van der Waals surface area contributed by atoms with Crippen LogP contribution >= 0.6 is 0 Å². The molecule has 118 valence electrons. The lowest BCUT2D eigenvalue weighted by Gasteiger charge is -2.20. The van der Waals surface area contributed by atoms with Crippen LogP contribution in [0.25, 0.3) is 0 Å². The minimum atomic E-state index is -3.66. The molecule has 0 bridgehead atoms. The number of aliphatic hydroxyl groups is 1. The van der Waals surface area contributed by atoms with E-state index >= 15 is 0 Å². The van der Waals surface area contributed by atoms with E-state index in [1.165, 1.54) is 19.2 Å². The van der Waals surface area contributed by atoms with Gasteiger partial charge in [0, 0.05) is 20.1 Å². The van der Waals surface area contributed by atoms with Gasteiger partial charge in [0.25, 0.3) is 0 Å². The Hall–Kier alpha value is -1.48. The molecule has 1 aromatic carbocycles. The zero-order chi connectivity index (χ0) is 16.0. The molecule has 0 saturated carbocycles. The van der Waals surface area contributed by atoms with Gasteiger partial charge in [0.2, 0.25) is 10.0 Å². The van der Waals surface area contributed by atoms with Gasteiger partial charge in [-0.25, -0.2) is 8.42 Å². The first-order valence-electron chi connectivity index (χ1n) is 6.37. The Balaban J connectivity index is 2.62. The maximum absolute atomic E-state index is 12.3. The van der Waals surface area contributed by atoms with E-state index in [0.29, 0.717) is 0 Å². The number of hydrogen-bond donors (Lipinski definition) is 3. The number of nitrogens with zero attached hydrogens (tertiary/aromatic N) is 1. The summed E-state index contributed by atoms with van der Waals surface area (Å²) in [7, 11) is -2.29. The molecule has 1 atom stereocenters. The molecule has 8 heteroatoms. The van der Waals surface area contributed by atoms with Gasteiger partial charge >= 0.3 is 5.97 Å². The van der Waals surface area contributed by atoms with Gasteiger partial charge in [0.1, 0.15) is 0 Å². The summed E-state index contributed by atoms with van der Waals surface area (Å²) in [6.45, 7) is 1.45. The van der Waals surface area contributed by atoms with Crippen molar-refractivity contribution < 1.29 is 23.4 Å². The van der Waals surface area contributed by atoms with E-state index in [4.69, 9.17) is 5.11 Å². The summed E-state index contributed by atoms with van der Waals surface area (Å²) in [6, 6.07) is 6.42. The van der Waals surface area contributed by atoms with E-state index in [2.05, 4.69) is 5.32 Å². The maximum Gasteiger partial charge on any atom is 0.317 e. The smallest absolute Gasteiger partial charge is 0.317 e. The lowest BCUT2D eigenvalue weighted by Crippen LogP contribution is -2.40. The zero-order valence-electron chi connectivity index (χ0n) is 12.0. The fourth-order valence-electron chi connectivity index (χ4n) is 1.70. The van der Waals surface area contributed by atoms with Gasteiger partial charge in [-0.3, -0.25) is 4.79 Å². The number of benzene rings is 1. The van der Waals surface area contributed by atoms with E-state index in [1.807, 2.05) is 6.92 Å². The Labute approximate surface area is 124 Å². The third-order valence-electron chi connectivity index (χ3n) is 2.85. The van der Waals surface area contributed by atoms with Crippen LogP contribution in [0.15, 0.2) is 29.2 Å². The molecule has 0 fully saturated rings. The second-order valence-corrected chi connectivity index (χ2v) is 6.82. The van der Waals surface area contributed by atoms with Gasteiger partial charge in [0.15, 0.2) is 0 Å². The second kappa shape index (κ2) is 7.51. The molecular weight excluding hydrogens is 296 g/mol. The fraction of sp³-hybridized carbons (Fsp3) is 0.462. The molecule has 0 saturated heterocycles. The average Bonchev–Trinajstić information content (AvgIpc) is 2.38. The van der Waals surface area contributed by atoms with Gasteiger partial charge < -0.3 is 15.5 Å². The third-order valence-corrected chi connectivity index (χ3v) is 4.69. The molecule has 0 aliphatic rings. The SMILES string of the molecule is Cc1ccc(S(=O)(=O)N(C)C[C@@H](O)CNCC(=O)O)cc1. The highest BCUT2D eigenvalue weighted by molar-refractivity contribution is 7.89. The topological polar surface area (TPSA) is 107 Å². The van der Waals surface area contributed by atoms with Crippen LogP contribution in [0.2, 0.25) is 0 Å². The molecule has 0 spiro atoms. The maximum atomic E-state index is 12.3. The summed E-state index contributed by atoms with van der Waals surface area (Å²) in [5.41, 5.74) is 0.953. The number of aliphatic hydroxyl groups excluding tert-OH is 1. The Morgan fingerprint density at radius 1 is 1.33 bits per heavy atom. The van der Waals surface area contributed by atoms with Crippen LogP contribution in [0.3, 0.4) is 0 Å². The van der Waals surface area contributed by atoms with Crippen LogP contribution in [-0.4, -0.2) is 61.7 Å². The number of aryl methyl sites for hydroxylation is 1. The van der Waals surface area contributed by atoms with Gasteiger partial charge in [-0.15, -0.1) is 0 Å². The number of rotatable bonds is 8. The molecule has 0 heterocycles. The number of aliphatic carboxylic acids is 1. The van der Waals surface area contributed by atoms with Gasteiger partial charge in [0.05, 0.1) is 17.5 Å². The van der Waals surface area contributed by atoms with Gasteiger partial charge in [-0.1, -0.05) is 17.7 Å². The van der Waals surface area contributed by atoms with Crippen molar-refractivity contribution in [3.8, 4) is 0 Å². The summed E-state index contributed by atoms with van der Waals surface area (Å²) in [5, 5.41) is 20.7. The van der Waals surface area contributed by atoms with Crippen molar-refractivity contribution in [2.45, 2.75) is 17.9 Å². The first-order valence-corrected chi connectivity index (χ1v) is 7.81. The highest BCUT2D eigenvalue weighted by Gasteiger charge is 2.22. The quantitative estimate of drug-likeness (QED) is 0.605. The monoisotopic (exact) mass is 316 g/mol. The Kier molecular flexibility index (Phi) is 6.28. The van der Waals surface area contributed by atoms with E-state index < -0.39 is 22.1 Å². The van der Waals surface area contributed by atoms with E-state index in [0.717, 1.165) is 9.87 Å². The molecule has 0 unspecified atom stereocenters. The number of nitrogens with one attached hydrogen (secondary N) is 1. The number of carbonyl (C=O) groups is 1. The standard InChI is InChI=1S/C13H20N2O5S/c1-10-3-5-12(6-4-10)21(19,20)15(2)9-11(16)7-14-8-13(17)18/h3-6,11,14,16H,7-9H2,1-2H3,(H,17,18)/t11-/m0/s1. The number of likely N-dealkylation sites (N-methyl/N-ethyl adjacent to an activating group) is 1. The molecule has 1 aromatic rings. The molecule has 0 aliphatic carbocycles. The highest BCUT2D eigenvalue weighted by Crippen LogP contribution is 2.15. The Bertz CT molecular complexity index is 571. The lowest BCUT2D eigenvalue weighted by atomic mass is 10.2. The number of carboxylic acids is 1. The summed E-state index contributed by atoms with van der Waals surface area (Å²) in [5.74, 6) is -1.04. The molecular formula is C13H20N2O5S. The Morgan fingerprint density at radius 2 is 1.90 bits per heavy atom. The third kappa shape index (κ3) is 5.43. The van der Waals surface area contributed by atoms with E-state index in [-0.39, 0.29) is 24.5 Å². The van der Waals surface area contributed by atoms with Gasteiger partial charge in [-0.2, -0.15) is 4.31 Å². The number of sulfonamides is 1. The molecule has 3 N–H and O–H groups in total. The van der Waals surface area contributed by atoms with Crippen LogP contribution in [0, 0.1) is 6.92 Å². The minimum absolute atomic E-state index is 0.0000574. The second-order valence-electron chi connectivity index (χ2n) is 4.78. The molecule has 0 aliphatic heterocycles. The van der Waals surface area contributed by atoms with E-state index in [9.17, 15) is 18.3 Å². The van der Waals surface area contributed by atoms with Crippen molar-refractivity contribution in [3.63, 3.8) is 0 Å². The lowest BCUT2D eigenvalue weighted by molar-refractivity contribution is -0.136. The normalized spacial score (nSPS) is 13.3. The molecule has 21 heavy (non-hydrogen) atoms. The fourth-order valence-corrected chi connectivity index (χ4v) is 2.90. The minimum Gasteiger partial charge on any atom is -0.480 e.